The molecular formula is C19H20BrClN4O2. The molecule has 0 aliphatic heterocycles. The summed E-state index contributed by atoms with van der Waals surface area (Å²) in [5, 5.41) is 12.6. The van der Waals surface area contributed by atoms with Crippen LogP contribution in [-0.4, -0.2) is 18.9 Å². The number of nitrogens with zero attached hydrogens (tertiary/aromatic N) is 1. The van der Waals surface area contributed by atoms with E-state index in [-0.39, 0.29) is 5.91 Å². The maximum absolute atomic E-state index is 11.2. The molecule has 0 bridgehead atoms. The van der Waals surface area contributed by atoms with Crippen LogP contribution in [0.25, 0.3) is 0 Å². The zero-order valence-electron chi connectivity index (χ0n) is 15.0. The van der Waals surface area contributed by atoms with Crippen molar-refractivity contribution in [3.8, 4) is 6.07 Å². The van der Waals surface area contributed by atoms with E-state index in [2.05, 4.69) is 45.1 Å². The molecule has 0 aliphatic rings. The zero-order valence-corrected chi connectivity index (χ0v) is 17.3. The molecule has 2 rings (SSSR count). The van der Waals surface area contributed by atoms with Gasteiger partial charge >= 0.3 is 0 Å². The minimum atomic E-state index is -0.348. The summed E-state index contributed by atoms with van der Waals surface area (Å²) in [7, 11) is 0. The van der Waals surface area contributed by atoms with Crippen LogP contribution in [-0.2, 0) is 4.79 Å². The molecule has 2 aromatic rings. The van der Waals surface area contributed by atoms with Gasteiger partial charge in [0.2, 0.25) is 6.41 Å². The molecule has 3 N–H and O–H groups in total. The van der Waals surface area contributed by atoms with Gasteiger partial charge in [-0.25, -0.2) is 0 Å². The summed E-state index contributed by atoms with van der Waals surface area (Å²) >= 11 is 9.26. The quantitative estimate of drug-likeness (QED) is 0.453. The Morgan fingerprint density at radius 2 is 1.93 bits per heavy atom. The van der Waals surface area contributed by atoms with E-state index in [1.165, 1.54) is 0 Å². The molecule has 2 amide bonds. The van der Waals surface area contributed by atoms with E-state index in [0.717, 1.165) is 28.7 Å². The fourth-order valence-corrected chi connectivity index (χ4v) is 2.46. The normalized spacial score (nSPS) is 9.30. The Kier molecular flexibility index (Phi) is 9.94. The van der Waals surface area contributed by atoms with Crippen LogP contribution in [0.4, 0.5) is 5.69 Å². The molecule has 0 saturated carbocycles. The van der Waals surface area contributed by atoms with E-state index in [9.17, 15) is 9.59 Å². The fraction of sp³-hybridized carbons (Fsp3) is 0.211. The maximum atomic E-state index is 11.2. The third kappa shape index (κ3) is 7.29. The molecule has 27 heavy (non-hydrogen) atoms. The topological polar surface area (TPSA) is 94.0 Å². The third-order valence-corrected chi connectivity index (χ3v) is 4.44. The Bertz CT molecular complexity index is 820. The van der Waals surface area contributed by atoms with E-state index < -0.39 is 0 Å². The number of benzene rings is 2. The summed E-state index contributed by atoms with van der Waals surface area (Å²) in [6, 6.07) is 12.5. The molecule has 0 aromatic heterocycles. The number of hydrazine groups is 1. The molecule has 0 saturated heterocycles. The van der Waals surface area contributed by atoms with Crippen molar-refractivity contribution in [1.29, 1.82) is 5.26 Å². The molecule has 6 nitrogen and oxygen atoms in total. The molecule has 0 atom stereocenters. The van der Waals surface area contributed by atoms with Crippen LogP contribution >= 0.6 is 27.5 Å². The number of nitrogens with one attached hydrogen (secondary N) is 3. The summed E-state index contributed by atoms with van der Waals surface area (Å²) in [6.45, 7) is 4.94. The van der Waals surface area contributed by atoms with Crippen molar-refractivity contribution in [1.82, 2.24) is 10.9 Å². The minimum absolute atomic E-state index is 0.348. The van der Waals surface area contributed by atoms with Gasteiger partial charge in [-0.05, 0) is 55.3 Å². The number of nitriles is 1. The summed E-state index contributed by atoms with van der Waals surface area (Å²) in [5.74, 6) is -0.348. The van der Waals surface area contributed by atoms with Gasteiger partial charge in [-0.15, -0.1) is 0 Å². The second-order valence-corrected chi connectivity index (χ2v) is 6.66. The SMILES string of the molecule is CCCNc1ccc(C#N)c(Cl)c1C.O=CNNC(=O)c1ccc(Br)cc1. The van der Waals surface area contributed by atoms with Crippen molar-refractivity contribution in [2.75, 3.05) is 11.9 Å². The van der Waals surface area contributed by atoms with Gasteiger partial charge in [-0.3, -0.25) is 20.4 Å². The molecule has 0 spiro atoms. The molecule has 0 aliphatic carbocycles. The number of hydrogen-bond donors (Lipinski definition) is 3. The van der Waals surface area contributed by atoms with E-state index in [4.69, 9.17) is 16.9 Å². The van der Waals surface area contributed by atoms with E-state index in [1.807, 2.05) is 13.0 Å². The van der Waals surface area contributed by atoms with Gasteiger partial charge in [0, 0.05) is 22.3 Å². The molecule has 0 heterocycles. The Hall–Kier alpha value is -2.56. The first kappa shape index (κ1) is 22.5. The molecule has 2 aromatic carbocycles. The second-order valence-electron chi connectivity index (χ2n) is 5.36. The van der Waals surface area contributed by atoms with E-state index in [1.54, 1.807) is 30.3 Å². The Morgan fingerprint density at radius 3 is 2.48 bits per heavy atom. The summed E-state index contributed by atoms with van der Waals surface area (Å²) in [5.41, 5.74) is 7.24. The lowest BCUT2D eigenvalue weighted by Crippen LogP contribution is -2.36. The second kappa shape index (κ2) is 11.9. The van der Waals surface area contributed by atoms with E-state index >= 15 is 0 Å². The molecule has 0 fully saturated rings. The van der Waals surface area contributed by atoms with Crippen LogP contribution in [0, 0.1) is 18.3 Å². The molecular weight excluding hydrogens is 432 g/mol. The van der Waals surface area contributed by atoms with Crippen LogP contribution in [0.5, 0.6) is 0 Å². The lowest BCUT2D eigenvalue weighted by atomic mass is 10.1. The number of carbonyl (C=O) groups excluding carboxylic acids is 2. The highest BCUT2D eigenvalue weighted by Crippen LogP contribution is 2.26. The van der Waals surface area contributed by atoms with Gasteiger partial charge in [0.25, 0.3) is 5.91 Å². The van der Waals surface area contributed by atoms with Crippen molar-refractivity contribution in [3.63, 3.8) is 0 Å². The van der Waals surface area contributed by atoms with Crippen molar-refractivity contribution in [2.24, 2.45) is 0 Å². The number of anilines is 1. The van der Waals surface area contributed by atoms with E-state index in [0.29, 0.717) is 22.6 Å². The number of rotatable bonds is 6. The van der Waals surface area contributed by atoms with Crippen LogP contribution in [0.15, 0.2) is 40.9 Å². The first-order valence-electron chi connectivity index (χ1n) is 8.12. The summed E-state index contributed by atoms with van der Waals surface area (Å²) in [4.78, 5) is 21.0. The highest BCUT2D eigenvalue weighted by atomic mass is 79.9. The van der Waals surface area contributed by atoms with Crippen LogP contribution in [0.1, 0.15) is 34.8 Å². The first-order valence-corrected chi connectivity index (χ1v) is 9.29. The predicted molar refractivity (Wildman–Crippen MR) is 110 cm³/mol. The highest BCUT2D eigenvalue weighted by Gasteiger charge is 2.06. The third-order valence-electron chi connectivity index (χ3n) is 3.42. The average molecular weight is 452 g/mol. The molecule has 142 valence electrons. The van der Waals surface area contributed by atoms with Crippen molar-refractivity contribution in [2.45, 2.75) is 20.3 Å². The smallest absolute Gasteiger partial charge is 0.269 e. The summed E-state index contributed by atoms with van der Waals surface area (Å²) < 4.78 is 0.896. The predicted octanol–water partition coefficient (Wildman–Crippen LogP) is 4.18. The number of hydrogen-bond acceptors (Lipinski definition) is 4. The average Bonchev–Trinajstić information content (AvgIpc) is 2.68. The molecule has 0 unspecified atom stereocenters. The van der Waals surface area contributed by atoms with Crippen molar-refractivity contribution >= 4 is 45.5 Å². The number of halogens is 2. The van der Waals surface area contributed by atoms with Crippen molar-refractivity contribution < 1.29 is 9.59 Å². The summed E-state index contributed by atoms with van der Waals surface area (Å²) in [6.07, 6.45) is 1.47. The van der Waals surface area contributed by atoms with Crippen molar-refractivity contribution in [3.05, 3.63) is 62.6 Å². The minimum Gasteiger partial charge on any atom is -0.385 e. The van der Waals surface area contributed by atoms with Gasteiger partial charge < -0.3 is 5.32 Å². The highest BCUT2D eigenvalue weighted by molar-refractivity contribution is 9.10. The van der Waals surface area contributed by atoms with Gasteiger partial charge in [0.1, 0.15) is 6.07 Å². The maximum Gasteiger partial charge on any atom is 0.269 e. The number of carbonyl (C=O) groups is 2. The monoisotopic (exact) mass is 450 g/mol. The first-order chi connectivity index (χ1) is 12.9. The molecule has 8 heteroatoms. The number of amides is 2. The lowest BCUT2D eigenvalue weighted by Gasteiger charge is -2.10. The Labute approximate surface area is 172 Å². The molecule has 0 radical (unpaired) electrons. The largest absolute Gasteiger partial charge is 0.385 e. The standard InChI is InChI=1S/C11H13ClN2.C8H7BrN2O2/c1-3-6-14-10-5-4-9(7-13)11(12)8(10)2;9-7-3-1-6(2-4-7)8(13)11-10-5-12/h4-5,14H,3,6H2,1-2H3;1-5H,(H,10,12)(H,11,13). The van der Waals surface area contributed by atoms with Crippen LogP contribution < -0.4 is 16.2 Å². The van der Waals surface area contributed by atoms with Gasteiger partial charge in [0.15, 0.2) is 0 Å². The fourth-order valence-electron chi connectivity index (χ4n) is 1.99. The van der Waals surface area contributed by atoms with Crippen LogP contribution in [0.2, 0.25) is 5.02 Å². The van der Waals surface area contributed by atoms with Crippen LogP contribution in [0.3, 0.4) is 0 Å². The Balaban J connectivity index is 0.000000271. The van der Waals surface area contributed by atoms with Gasteiger partial charge in [0.05, 0.1) is 10.6 Å². The lowest BCUT2D eigenvalue weighted by molar-refractivity contribution is -0.110. The van der Waals surface area contributed by atoms with Gasteiger partial charge in [-0.1, -0.05) is 34.5 Å². The Morgan fingerprint density at radius 1 is 1.26 bits per heavy atom. The zero-order chi connectivity index (χ0) is 20.2. The van der Waals surface area contributed by atoms with Gasteiger partial charge in [-0.2, -0.15) is 5.26 Å².